The lowest BCUT2D eigenvalue weighted by molar-refractivity contribution is -0.160. The average molecular weight is 746 g/mol. The first kappa shape index (κ1) is 45.5. The highest BCUT2D eigenvalue weighted by atomic mass is 16.6. The van der Waals surface area contributed by atoms with Crippen LogP contribution < -0.4 is 0 Å². The summed E-state index contributed by atoms with van der Waals surface area (Å²) in [6.07, 6.45) is 0. The number of carbonyl (C=O) groups excluding carboxylic acids is 3. The van der Waals surface area contributed by atoms with E-state index in [0.717, 1.165) is 0 Å². The summed E-state index contributed by atoms with van der Waals surface area (Å²) < 4.78 is 65.0. The van der Waals surface area contributed by atoms with Crippen LogP contribution in [-0.4, -0.2) is 180 Å². The van der Waals surface area contributed by atoms with Crippen LogP contribution in [0.5, 0.6) is 0 Å². The van der Waals surface area contributed by atoms with Gasteiger partial charge in [-0.3, -0.25) is 14.5 Å². The minimum Gasteiger partial charge on any atom is -0.458 e. The smallest absolute Gasteiger partial charge is 0.332 e. The monoisotopic (exact) mass is 745 g/mol. The van der Waals surface area contributed by atoms with Crippen LogP contribution >= 0.6 is 0 Å². The molecule has 0 atom stereocenters. The number of nitrogens with zero attached hydrogens (tertiary/aromatic N) is 1. The van der Waals surface area contributed by atoms with Crippen LogP contribution in [0.1, 0.15) is 41.5 Å². The molecule has 1 aromatic rings. The molecule has 0 unspecified atom stereocenters. The molecular weight excluding hydrogens is 686 g/mol. The summed E-state index contributed by atoms with van der Waals surface area (Å²) in [6.45, 7) is 14.6. The van der Waals surface area contributed by atoms with Gasteiger partial charge in [-0.25, -0.2) is 4.79 Å². The van der Waals surface area contributed by atoms with E-state index in [4.69, 9.17) is 56.8 Å². The van der Waals surface area contributed by atoms with Gasteiger partial charge < -0.3 is 56.8 Å². The van der Waals surface area contributed by atoms with Gasteiger partial charge >= 0.3 is 5.97 Å². The SMILES string of the molecule is CC(C)(C)OC(=O)COCCOCCOCCOCCOCCOCCOCCOCCOCCOCCOCCN1C(=O)c2ccccc2C1=O. The Kier molecular flexibility index (Phi) is 26.1. The summed E-state index contributed by atoms with van der Waals surface area (Å²) in [6, 6.07) is 6.81. The molecule has 1 aromatic carbocycles. The minimum absolute atomic E-state index is 0.0906. The highest BCUT2D eigenvalue weighted by molar-refractivity contribution is 6.21. The number of amides is 2. The van der Waals surface area contributed by atoms with Crippen LogP contribution in [0.25, 0.3) is 0 Å². The Morgan fingerprint density at radius 1 is 0.462 bits per heavy atom. The van der Waals surface area contributed by atoms with Gasteiger partial charge in [0.2, 0.25) is 0 Å². The number of esters is 1. The average Bonchev–Trinajstić information content (AvgIpc) is 3.35. The van der Waals surface area contributed by atoms with Gasteiger partial charge in [-0.05, 0) is 32.9 Å². The second-order valence-corrected chi connectivity index (χ2v) is 12.1. The molecule has 1 aliphatic rings. The van der Waals surface area contributed by atoms with Crippen molar-refractivity contribution >= 4 is 17.8 Å². The number of rotatable bonds is 35. The van der Waals surface area contributed by atoms with Gasteiger partial charge in [0.05, 0.1) is 156 Å². The van der Waals surface area contributed by atoms with Crippen molar-refractivity contribution < 1.29 is 71.2 Å². The van der Waals surface area contributed by atoms with Crippen molar-refractivity contribution in [1.82, 2.24) is 4.90 Å². The molecular formula is C36H59NO15. The molecule has 0 N–H and O–H groups in total. The quantitative estimate of drug-likeness (QED) is 0.0561. The van der Waals surface area contributed by atoms with Crippen molar-refractivity contribution in [2.75, 3.05) is 152 Å². The number of hydrogen-bond acceptors (Lipinski definition) is 15. The zero-order valence-corrected chi connectivity index (χ0v) is 31.1. The number of fused-ring (bicyclic) bond motifs is 1. The second kappa shape index (κ2) is 29.8. The van der Waals surface area contributed by atoms with Gasteiger partial charge in [-0.2, -0.15) is 0 Å². The molecule has 0 aliphatic carbocycles. The van der Waals surface area contributed by atoms with Crippen LogP contribution in [0.15, 0.2) is 24.3 Å². The predicted octanol–water partition coefficient (Wildman–Crippen LogP) is 1.81. The number of imide groups is 1. The number of hydrogen-bond donors (Lipinski definition) is 0. The molecule has 1 heterocycles. The zero-order valence-electron chi connectivity index (χ0n) is 31.1. The van der Waals surface area contributed by atoms with Gasteiger partial charge in [-0.1, -0.05) is 12.1 Å². The van der Waals surface area contributed by atoms with Gasteiger partial charge in [-0.15, -0.1) is 0 Å². The number of carbonyl (C=O) groups is 3. The molecule has 0 fully saturated rings. The Morgan fingerprint density at radius 3 is 1.02 bits per heavy atom. The maximum Gasteiger partial charge on any atom is 0.332 e. The molecule has 16 heteroatoms. The molecule has 16 nitrogen and oxygen atoms in total. The van der Waals surface area contributed by atoms with Gasteiger partial charge in [0.25, 0.3) is 11.8 Å². The molecule has 1 aliphatic heterocycles. The summed E-state index contributed by atoms with van der Waals surface area (Å²) >= 11 is 0. The van der Waals surface area contributed by atoms with Crippen molar-refractivity contribution in [3.8, 4) is 0 Å². The third-order valence-corrected chi connectivity index (χ3v) is 6.70. The van der Waals surface area contributed by atoms with E-state index in [9.17, 15) is 14.4 Å². The van der Waals surface area contributed by atoms with Crippen LogP contribution in [-0.2, 0) is 61.6 Å². The normalized spacial score (nSPS) is 12.9. The lowest BCUT2D eigenvalue weighted by Gasteiger charge is -2.19. The van der Waals surface area contributed by atoms with E-state index in [0.29, 0.717) is 143 Å². The van der Waals surface area contributed by atoms with Crippen molar-refractivity contribution in [3.63, 3.8) is 0 Å². The standard InChI is InChI=1S/C36H59NO15/c1-36(2,3)52-33(38)30-51-29-28-50-27-26-49-25-24-48-23-22-47-21-20-46-19-18-45-17-16-44-15-14-43-13-12-42-11-10-41-9-8-37-34(39)31-6-4-5-7-32(31)35(37)40/h4-7H,8-30H2,1-3H3. The van der Waals surface area contributed by atoms with E-state index in [1.54, 1.807) is 24.3 Å². The molecule has 52 heavy (non-hydrogen) atoms. The first-order valence-corrected chi connectivity index (χ1v) is 17.8. The summed E-state index contributed by atoms with van der Waals surface area (Å²) in [7, 11) is 0. The Morgan fingerprint density at radius 2 is 0.731 bits per heavy atom. The van der Waals surface area contributed by atoms with Crippen molar-refractivity contribution in [3.05, 3.63) is 35.4 Å². The minimum atomic E-state index is -0.518. The number of benzene rings is 1. The van der Waals surface area contributed by atoms with E-state index < -0.39 is 11.6 Å². The lowest BCUT2D eigenvalue weighted by atomic mass is 10.1. The zero-order chi connectivity index (χ0) is 37.5. The van der Waals surface area contributed by atoms with Crippen molar-refractivity contribution in [2.24, 2.45) is 0 Å². The van der Waals surface area contributed by atoms with E-state index in [-0.39, 0.29) is 31.6 Å². The molecule has 0 aromatic heterocycles. The fourth-order valence-corrected chi connectivity index (χ4v) is 4.32. The highest BCUT2D eigenvalue weighted by Crippen LogP contribution is 2.21. The second-order valence-electron chi connectivity index (χ2n) is 12.1. The van der Waals surface area contributed by atoms with Gasteiger partial charge in [0.1, 0.15) is 12.2 Å². The fourth-order valence-electron chi connectivity index (χ4n) is 4.32. The van der Waals surface area contributed by atoms with Crippen LogP contribution in [0.3, 0.4) is 0 Å². The van der Waals surface area contributed by atoms with E-state index >= 15 is 0 Å². The topological polar surface area (TPSA) is 165 Å². The Labute approximate surface area is 307 Å². The first-order valence-electron chi connectivity index (χ1n) is 17.8. The summed E-state index contributed by atoms with van der Waals surface area (Å²) in [5.41, 5.74) is 0.357. The van der Waals surface area contributed by atoms with Crippen LogP contribution in [0, 0.1) is 0 Å². The largest absolute Gasteiger partial charge is 0.458 e. The van der Waals surface area contributed by atoms with Gasteiger partial charge in [0, 0.05) is 0 Å². The van der Waals surface area contributed by atoms with E-state index in [1.165, 1.54) is 4.90 Å². The fraction of sp³-hybridized carbons (Fsp3) is 0.750. The maximum absolute atomic E-state index is 12.3. The van der Waals surface area contributed by atoms with Gasteiger partial charge in [0.15, 0.2) is 0 Å². The van der Waals surface area contributed by atoms with Crippen LogP contribution in [0.2, 0.25) is 0 Å². The van der Waals surface area contributed by atoms with E-state index in [1.807, 2.05) is 20.8 Å². The molecule has 298 valence electrons. The Bertz CT molecular complexity index is 1050. The summed E-state index contributed by atoms with van der Waals surface area (Å²) in [4.78, 5) is 37.3. The maximum atomic E-state index is 12.3. The first-order chi connectivity index (χ1) is 25.3. The lowest BCUT2D eigenvalue weighted by Crippen LogP contribution is -2.33. The van der Waals surface area contributed by atoms with E-state index in [2.05, 4.69) is 0 Å². The predicted molar refractivity (Wildman–Crippen MR) is 187 cm³/mol. The molecule has 0 saturated heterocycles. The molecule has 0 saturated carbocycles. The van der Waals surface area contributed by atoms with Crippen molar-refractivity contribution in [2.45, 2.75) is 26.4 Å². The Balaban J connectivity index is 1.17. The third kappa shape index (κ3) is 23.1. The summed E-state index contributed by atoms with van der Waals surface area (Å²) in [5, 5.41) is 0. The highest BCUT2D eigenvalue weighted by Gasteiger charge is 2.34. The van der Waals surface area contributed by atoms with Crippen LogP contribution in [0.4, 0.5) is 0 Å². The molecule has 0 spiro atoms. The Hall–Kier alpha value is -2.61. The summed E-state index contributed by atoms with van der Waals surface area (Å²) in [5.74, 6) is -0.957. The molecule has 2 amide bonds. The molecule has 0 bridgehead atoms. The third-order valence-electron chi connectivity index (χ3n) is 6.70. The molecule has 2 rings (SSSR count). The number of ether oxygens (including phenoxy) is 12. The van der Waals surface area contributed by atoms with Crippen molar-refractivity contribution in [1.29, 1.82) is 0 Å². The molecule has 0 radical (unpaired) electrons.